The molecule has 0 aliphatic heterocycles. The number of nitrogens with one attached hydrogen (secondary N) is 1. The predicted octanol–water partition coefficient (Wildman–Crippen LogP) is 12.4. The smallest absolute Gasteiger partial charge is 0.472 e. The summed E-state index contributed by atoms with van der Waals surface area (Å²) in [4.78, 5) is 46.0. The maximum Gasteiger partial charge on any atom is 0.472 e. The molecule has 0 heterocycles. The lowest BCUT2D eigenvalue weighted by molar-refractivity contribution is -0.147. The quantitative estimate of drug-likeness (QED) is 0.0200. The number of allylic oxidation sites excluding steroid dienone is 6. The summed E-state index contributed by atoms with van der Waals surface area (Å²) in [5, 5.41) is 21.9. The molecule has 344 valence electrons. The predicted molar refractivity (Wildman–Crippen MR) is 240 cm³/mol. The monoisotopic (exact) mass is 856 g/mol. The molecule has 0 radical (unpaired) electrons. The number of unbranched alkanes of at least 4 members (excludes halogenated alkanes) is 24. The van der Waals surface area contributed by atoms with Crippen molar-refractivity contribution in [1.82, 2.24) is 5.32 Å². The molecule has 11 nitrogen and oxygen atoms in total. The van der Waals surface area contributed by atoms with E-state index in [4.69, 9.17) is 13.8 Å². The highest BCUT2D eigenvalue weighted by Crippen LogP contribution is 2.43. The van der Waals surface area contributed by atoms with E-state index in [2.05, 4.69) is 55.6 Å². The molecule has 3 unspecified atom stereocenters. The minimum Gasteiger partial charge on any atom is -0.480 e. The Morgan fingerprint density at radius 3 is 1.42 bits per heavy atom. The summed E-state index contributed by atoms with van der Waals surface area (Å²) in [5.74, 6) is -2.37. The molecule has 0 spiro atoms. The van der Waals surface area contributed by atoms with Gasteiger partial charge >= 0.3 is 19.8 Å². The van der Waals surface area contributed by atoms with E-state index in [1.807, 2.05) is 0 Å². The van der Waals surface area contributed by atoms with Crippen molar-refractivity contribution in [3.05, 3.63) is 36.5 Å². The Balaban J connectivity index is 3.86. The minimum atomic E-state index is -4.76. The van der Waals surface area contributed by atoms with Gasteiger partial charge in [-0.3, -0.25) is 18.6 Å². The van der Waals surface area contributed by atoms with Gasteiger partial charge in [-0.25, -0.2) is 9.36 Å². The third-order valence-electron chi connectivity index (χ3n) is 10.2. The number of hydrogen-bond donors (Lipinski definition) is 4. The number of hydrogen-bond acceptors (Lipinski definition) is 8. The zero-order chi connectivity index (χ0) is 43.5. The fourth-order valence-electron chi connectivity index (χ4n) is 6.50. The molecule has 0 saturated carbocycles. The van der Waals surface area contributed by atoms with Gasteiger partial charge in [-0.15, -0.1) is 0 Å². The molecule has 0 fully saturated rings. The van der Waals surface area contributed by atoms with Gasteiger partial charge in [0.05, 0.1) is 13.2 Å². The number of carbonyl (C=O) groups excluding carboxylic acids is 2. The van der Waals surface area contributed by atoms with Crippen molar-refractivity contribution in [3.8, 4) is 0 Å². The van der Waals surface area contributed by atoms with Crippen LogP contribution < -0.4 is 5.32 Å². The lowest BCUT2D eigenvalue weighted by atomic mass is 10.0. The number of ether oxygens (including phenoxy) is 1. The molecule has 0 aromatic carbocycles. The van der Waals surface area contributed by atoms with Crippen molar-refractivity contribution >= 4 is 25.7 Å². The van der Waals surface area contributed by atoms with Gasteiger partial charge in [0, 0.05) is 12.8 Å². The van der Waals surface area contributed by atoms with Gasteiger partial charge in [-0.1, -0.05) is 185 Å². The molecule has 0 aliphatic rings. The van der Waals surface area contributed by atoms with E-state index in [0.29, 0.717) is 12.8 Å². The first-order chi connectivity index (χ1) is 28.6. The Kier molecular flexibility index (Phi) is 40.7. The Hall–Kier alpha value is -2.30. The number of aliphatic hydroxyl groups excluding tert-OH is 1. The highest BCUT2D eigenvalue weighted by molar-refractivity contribution is 7.47. The van der Waals surface area contributed by atoms with E-state index >= 15 is 0 Å². The van der Waals surface area contributed by atoms with Crippen LogP contribution in [0.3, 0.4) is 0 Å². The SMILES string of the molecule is CCCCC/C=C\C/C=C\C/C=C\CCCCCCCCCCC(=O)OCC(O)COP(=O)(O)OCC(NC(=O)CCCCCCCCCCCCCCCC)C(=O)O. The number of carboxylic acids is 1. The van der Waals surface area contributed by atoms with Gasteiger partial charge in [0.25, 0.3) is 0 Å². The van der Waals surface area contributed by atoms with Crippen LogP contribution in [0.2, 0.25) is 0 Å². The van der Waals surface area contributed by atoms with E-state index in [1.54, 1.807) is 0 Å². The Morgan fingerprint density at radius 1 is 0.542 bits per heavy atom. The maximum absolute atomic E-state index is 12.3. The van der Waals surface area contributed by atoms with Crippen LogP contribution >= 0.6 is 7.82 Å². The Labute approximate surface area is 359 Å². The summed E-state index contributed by atoms with van der Waals surface area (Å²) in [5.41, 5.74) is 0. The van der Waals surface area contributed by atoms with Gasteiger partial charge in [0.15, 0.2) is 6.04 Å². The number of amides is 1. The van der Waals surface area contributed by atoms with Gasteiger partial charge in [0.1, 0.15) is 12.7 Å². The molecule has 4 N–H and O–H groups in total. The molecular weight excluding hydrogens is 769 g/mol. The molecule has 0 aromatic rings. The fraction of sp³-hybridized carbons (Fsp3) is 0.809. The highest BCUT2D eigenvalue weighted by Gasteiger charge is 2.28. The van der Waals surface area contributed by atoms with Gasteiger partial charge in [-0.2, -0.15) is 0 Å². The van der Waals surface area contributed by atoms with Crippen LogP contribution in [0.5, 0.6) is 0 Å². The first-order valence-corrected chi connectivity index (χ1v) is 25.0. The molecule has 12 heteroatoms. The molecule has 3 atom stereocenters. The molecule has 0 bridgehead atoms. The van der Waals surface area contributed by atoms with Crippen molar-refractivity contribution in [2.24, 2.45) is 0 Å². The average molecular weight is 856 g/mol. The van der Waals surface area contributed by atoms with E-state index in [0.717, 1.165) is 57.8 Å². The van der Waals surface area contributed by atoms with E-state index in [1.165, 1.54) is 116 Å². The van der Waals surface area contributed by atoms with Crippen molar-refractivity contribution < 1.29 is 47.8 Å². The first kappa shape index (κ1) is 56.7. The third kappa shape index (κ3) is 42.2. The van der Waals surface area contributed by atoms with Crippen molar-refractivity contribution in [1.29, 1.82) is 0 Å². The molecule has 0 aromatic heterocycles. The standard InChI is InChI=1S/C47H86NO10P/c1-3-5-7-9-11-13-15-17-19-20-21-22-23-24-25-27-29-31-33-35-37-39-46(51)56-40-43(49)41-57-59(54,55)58-42-44(47(52)53)48-45(50)38-36-34-32-30-28-26-18-16-14-12-10-8-6-4-2/h11,13,17,19,21-22,43-44,49H,3-10,12,14-16,18,20,23-42H2,1-2H3,(H,48,50)(H,52,53)(H,54,55)/b13-11-,19-17-,22-21-. The molecule has 0 rings (SSSR count). The molecule has 0 saturated heterocycles. The van der Waals surface area contributed by atoms with Crippen LogP contribution in [-0.4, -0.2) is 64.9 Å². The molecular formula is C47H86NO10P. The zero-order valence-electron chi connectivity index (χ0n) is 37.3. The summed E-state index contributed by atoms with van der Waals surface area (Å²) >= 11 is 0. The van der Waals surface area contributed by atoms with Gasteiger partial charge < -0.3 is 25.2 Å². The Bertz CT molecular complexity index is 1140. The summed E-state index contributed by atoms with van der Waals surface area (Å²) in [7, 11) is -4.76. The minimum absolute atomic E-state index is 0.148. The third-order valence-corrected chi connectivity index (χ3v) is 11.1. The largest absolute Gasteiger partial charge is 0.480 e. The summed E-state index contributed by atoms with van der Waals surface area (Å²) < 4.78 is 26.9. The van der Waals surface area contributed by atoms with E-state index in [9.17, 15) is 34.1 Å². The number of carbonyl (C=O) groups is 3. The lowest BCUT2D eigenvalue weighted by Gasteiger charge is -2.18. The summed E-state index contributed by atoms with van der Waals surface area (Å²) in [6.45, 7) is 2.57. The van der Waals surface area contributed by atoms with Crippen LogP contribution in [0.25, 0.3) is 0 Å². The van der Waals surface area contributed by atoms with Crippen LogP contribution in [0.1, 0.15) is 213 Å². The number of aliphatic hydroxyl groups is 1. The second kappa shape index (κ2) is 42.4. The van der Waals surface area contributed by atoms with E-state index in [-0.39, 0.29) is 12.8 Å². The van der Waals surface area contributed by atoms with E-state index < -0.39 is 57.6 Å². The number of rotatable bonds is 44. The van der Waals surface area contributed by atoms with Crippen molar-refractivity contribution in [3.63, 3.8) is 0 Å². The molecule has 0 aliphatic carbocycles. The van der Waals surface area contributed by atoms with Crippen molar-refractivity contribution in [2.75, 3.05) is 19.8 Å². The zero-order valence-corrected chi connectivity index (χ0v) is 38.2. The summed E-state index contributed by atoms with van der Waals surface area (Å²) in [6, 6.07) is -1.54. The number of phosphoric ester groups is 1. The Morgan fingerprint density at radius 2 is 0.932 bits per heavy atom. The molecule has 1 amide bonds. The van der Waals surface area contributed by atoms with Crippen LogP contribution in [-0.2, 0) is 32.7 Å². The normalized spacial score (nSPS) is 14.0. The van der Waals surface area contributed by atoms with Crippen LogP contribution in [0, 0.1) is 0 Å². The number of carboxylic acid groups (broad SMARTS) is 1. The first-order valence-electron chi connectivity index (χ1n) is 23.5. The number of phosphoric acid groups is 1. The van der Waals surface area contributed by atoms with Gasteiger partial charge in [-0.05, 0) is 51.4 Å². The highest BCUT2D eigenvalue weighted by atomic mass is 31.2. The van der Waals surface area contributed by atoms with Crippen LogP contribution in [0.15, 0.2) is 36.5 Å². The lowest BCUT2D eigenvalue weighted by Crippen LogP contribution is -2.43. The maximum atomic E-state index is 12.3. The second-order valence-electron chi connectivity index (χ2n) is 15.9. The van der Waals surface area contributed by atoms with Crippen LogP contribution in [0.4, 0.5) is 0 Å². The van der Waals surface area contributed by atoms with Crippen molar-refractivity contribution in [2.45, 2.75) is 225 Å². The fourth-order valence-corrected chi connectivity index (χ4v) is 7.27. The molecule has 59 heavy (non-hydrogen) atoms. The second-order valence-corrected chi connectivity index (χ2v) is 17.4. The number of aliphatic carboxylic acids is 1. The topological polar surface area (TPSA) is 169 Å². The summed E-state index contributed by atoms with van der Waals surface area (Å²) in [6.07, 6.45) is 45.9. The van der Waals surface area contributed by atoms with Gasteiger partial charge in [0.2, 0.25) is 5.91 Å². The average Bonchev–Trinajstić information content (AvgIpc) is 3.21. The number of esters is 1.